The van der Waals surface area contributed by atoms with Crippen molar-refractivity contribution in [2.24, 2.45) is 0 Å². The summed E-state index contributed by atoms with van der Waals surface area (Å²) < 4.78 is 11.3. The predicted octanol–water partition coefficient (Wildman–Crippen LogP) is 3.55. The molecule has 0 aromatic heterocycles. The number of halogens is 1. The minimum atomic E-state index is 0.122. The summed E-state index contributed by atoms with van der Waals surface area (Å²) in [5, 5.41) is 9.61. The smallest absolute Gasteiger partial charge is 0.137 e. The Morgan fingerprint density at radius 2 is 2.11 bits per heavy atom. The van der Waals surface area contributed by atoms with Crippen molar-refractivity contribution in [2.45, 2.75) is 37.9 Å². The number of nitriles is 1. The minimum absolute atomic E-state index is 0.122. The molecule has 0 aliphatic heterocycles. The Morgan fingerprint density at radius 1 is 1.33 bits per heavy atom. The molecule has 0 saturated heterocycles. The standard InChI is InChI=1S/C14H16ClNO2/c1-17-12-3-2-4-13(8-12)18-14-6-5-11(15)7-10(14)9-16/h5-7,12-13H,2-4,8H2,1H3. The molecule has 2 atom stereocenters. The lowest BCUT2D eigenvalue weighted by Gasteiger charge is -2.28. The molecule has 0 N–H and O–H groups in total. The van der Waals surface area contributed by atoms with Crippen LogP contribution in [0.2, 0.25) is 5.02 Å². The van der Waals surface area contributed by atoms with Crippen LogP contribution < -0.4 is 4.74 Å². The van der Waals surface area contributed by atoms with E-state index in [9.17, 15) is 0 Å². The second-order valence-electron chi connectivity index (χ2n) is 4.52. The quantitative estimate of drug-likeness (QED) is 0.839. The summed E-state index contributed by atoms with van der Waals surface area (Å²) in [4.78, 5) is 0. The van der Waals surface area contributed by atoms with Crippen molar-refractivity contribution in [1.29, 1.82) is 5.26 Å². The summed E-state index contributed by atoms with van der Waals surface area (Å²) in [7, 11) is 1.73. The van der Waals surface area contributed by atoms with Crippen molar-refractivity contribution < 1.29 is 9.47 Å². The van der Waals surface area contributed by atoms with Gasteiger partial charge in [0.15, 0.2) is 0 Å². The van der Waals surface area contributed by atoms with Gasteiger partial charge in [-0.15, -0.1) is 0 Å². The van der Waals surface area contributed by atoms with Gasteiger partial charge in [0, 0.05) is 18.6 Å². The van der Waals surface area contributed by atoms with E-state index in [2.05, 4.69) is 6.07 Å². The average Bonchev–Trinajstić information content (AvgIpc) is 2.41. The summed E-state index contributed by atoms with van der Waals surface area (Å²) in [6.07, 6.45) is 4.46. The maximum atomic E-state index is 9.06. The highest BCUT2D eigenvalue weighted by Crippen LogP contribution is 2.28. The van der Waals surface area contributed by atoms with Crippen molar-refractivity contribution in [3.8, 4) is 11.8 Å². The van der Waals surface area contributed by atoms with Crippen LogP contribution in [0, 0.1) is 11.3 Å². The Hall–Kier alpha value is -1.24. The number of rotatable bonds is 3. The predicted molar refractivity (Wildman–Crippen MR) is 69.8 cm³/mol. The third-order valence-corrected chi connectivity index (χ3v) is 3.50. The molecule has 0 radical (unpaired) electrons. The topological polar surface area (TPSA) is 42.2 Å². The van der Waals surface area contributed by atoms with Crippen molar-refractivity contribution in [2.75, 3.05) is 7.11 Å². The summed E-state index contributed by atoms with van der Waals surface area (Å²) in [5.41, 5.74) is 0.488. The van der Waals surface area contributed by atoms with Crippen LogP contribution in [0.1, 0.15) is 31.2 Å². The van der Waals surface area contributed by atoms with E-state index in [1.165, 1.54) is 0 Å². The van der Waals surface area contributed by atoms with Crippen LogP contribution in [0.25, 0.3) is 0 Å². The van der Waals surface area contributed by atoms with Crippen LogP contribution in [-0.4, -0.2) is 19.3 Å². The van der Waals surface area contributed by atoms with Gasteiger partial charge in [-0.25, -0.2) is 0 Å². The number of methoxy groups -OCH3 is 1. The highest BCUT2D eigenvalue weighted by Gasteiger charge is 2.23. The van der Waals surface area contributed by atoms with Crippen LogP contribution in [0.5, 0.6) is 5.75 Å². The van der Waals surface area contributed by atoms with Crippen LogP contribution in [-0.2, 0) is 4.74 Å². The zero-order chi connectivity index (χ0) is 13.0. The molecule has 1 aromatic carbocycles. The molecule has 96 valence electrons. The lowest BCUT2D eigenvalue weighted by atomic mass is 9.95. The Morgan fingerprint density at radius 3 is 2.83 bits per heavy atom. The SMILES string of the molecule is COC1CCCC(Oc2ccc(Cl)cc2C#N)C1. The largest absolute Gasteiger partial charge is 0.489 e. The van der Waals surface area contributed by atoms with E-state index < -0.39 is 0 Å². The molecule has 2 unspecified atom stereocenters. The maximum Gasteiger partial charge on any atom is 0.137 e. The first-order valence-electron chi connectivity index (χ1n) is 6.12. The van der Waals surface area contributed by atoms with E-state index in [1.807, 2.05) is 0 Å². The minimum Gasteiger partial charge on any atom is -0.489 e. The Kier molecular flexibility index (Phi) is 4.46. The van der Waals surface area contributed by atoms with E-state index in [0.29, 0.717) is 16.3 Å². The van der Waals surface area contributed by atoms with Crippen molar-refractivity contribution >= 4 is 11.6 Å². The molecule has 2 rings (SSSR count). The van der Waals surface area contributed by atoms with Gasteiger partial charge in [-0.2, -0.15) is 5.26 Å². The second kappa shape index (κ2) is 6.08. The Balaban J connectivity index is 2.07. The van der Waals surface area contributed by atoms with E-state index in [-0.39, 0.29) is 12.2 Å². The van der Waals surface area contributed by atoms with Gasteiger partial charge in [-0.3, -0.25) is 0 Å². The van der Waals surface area contributed by atoms with Gasteiger partial charge in [0.05, 0.1) is 11.7 Å². The van der Waals surface area contributed by atoms with Gasteiger partial charge in [-0.1, -0.05) is 11.6 Å². The molecule has 1 aromatic rings. The van der Waals surface area contributed by atoms with E-state index >= 15 is 0 Å². The summed E-state index contributed by atoms with van der Waals surface area (Å²) in [6.45, 7) is 0. The zero-order valence-electron chi connectivity index (χ0n) is 10.4. The van der Waals surface area contributed by atoms with Gasteiger partial charge in [0.1, 0.15) is 17.9 Å². The van der Waals surface area contributed by atoms with Crippen molar-refractivity contribution in [1.82, 2.24) is 0 Å². The van der Waals surface area contributed by atoms with E-state index in [1.54, 1.807) is 25.3 Å². The highest BCUT2D eigenvalue weighted by atomic mass is 35.5. The first-order valence-corrected chi connectivity index (χ1v) is 6.50. The monoisotopic (exact) mass is 265 g/mol. The lowest BCUT2D eigenvalue weighted by Crippen LogP contribution is -2.29. The van der Waals surface area contributed by atoms with Crippen molar-refractivity contribution in [3.63, 3.8) is 0 Å². The fourth-order valence-corrected chi connectivity index (χ4v) is 2.47. The first kappa shape index (κ1) is 13.2. The third-order valence-electron chi connectivity index (χ3n) is 3.27. The number of hydrogen-bond donors (Lipinski definition) is 0. The number of ether oxygens (including phenoxy) is 2. The second-order valence-corrected chi connectivity index (χ2v) is 4.95. The first-order chi connectivity index (χ1) is 8.72. The third kappa shape index (κ3) is 3.16. The molecule has 3 nitrogen and oxygen atoms in total. The zero-order valence-corrected chi connectivity index (χ0v) is 11.1. The molecular weight excluding hydrogens is 250 g/mol. The lowest BCUT2D eigenvalue weighted by molar-refractivity contribution is 0.0209. The summed E-state index contributed by atoms with van der Waals surface area (Å²) in [6, 6.07) is 7.25. The van der Waals surface area contributed by atoms with Crippen LogP contribution in [0.4, 0.5) is 0 Å². The molecule has 0 spiro atoms. The maximum absolute atomic E-state index is 9.06. The molecule has 1 saturated carbocycles. The van der Waals surface area contributed by atoms with E-state index in [0.717, 1.165) is 25.7 Å². The highest BCUT2D eigenvalue weighted by molar-refractivity contribution is 6.30. The van der Waals surface area contributed by atoms with Crippen LogP contribution in [0.3, 0.4) is 0 Å². The molecule has 0 heterocycles. The number of nitrogens with zero attached hydrogens (tertiary/aromatic N) is 1. The molecule has 0 amide bonds. The molecule has 1 aliphatic carbocycles. The summed E-state index contributed by atoms with van der Waals surface area (Å²) in [5.74, 6) is 0.614. The Labute approximate surface area is 112 Å². The van der Waals surface area contributed by atoms with Gasteiger partial charge < -0.3 is 9.47 Å². The van der Waals surface area contributed by atoms with Crippen molar-refractivity contribution in [3.05, 3.63) is 28.8 Å². The molecule has 4 heteroatoms. The fraction of sp³-hybridized carbons (Fsp3) is 0.500. The molecule has 1 fully saturated rings. The number of benzene rings is 1. The fourth-order valence-electron chi connectivity index (χ4n) is 2.30. The molecule has 0 bridgehead atoms. The molecular formula is C14H16ClNO2. The summed E-state index contributed by atoms with van der Waals surface area (Å²) >= 11 is 5.86. The molecule has 18 heavy (non-hydrogen) atoms. The number of hydrogen-bond acceptors (Lipinski definition) is 3. The van der Waals surface area contributed by atoms with Gasteiger partial charge in [0.2, 0.25) is 0 Å². The van der Waals surface area contributed by atoms with Gasteiger partial charge >= 0.3 is 0 Å². The Bertz CT molecular complexity index is 456. The van der Waals surface area contributed by atoms with E-state index in [4.69, 9.17) is 26.3 Å². The average molecular weight is 266 g/mol. The van der Waals surface area contributed by atoms with Crippen LogP contribution >= 0.6 is 11.6 Å². The molecule has 1 aliphatic rings. The van der Waals surface area contributed by atoms with Gasteiger partial charge in [-0.05, 0) is 37.5 Å². The normalized spacial score (nSPS) is 23.4. The van der Waals surface area contributed by atoms with Gasteiger partial charge in [0.25, 0.3) is 0 Å². The van der Waals surface area contributed by atoms with Crippen LogP contribution in [0.15, 0.2) is 18.2 Å².